The summed E-state index contributed by atoms with van der Waals surface area (Å²) in [5.74, 6) is 0. The molecule has 0 spiro atoms. The smallest absolute Gasteiger partial charge is 0.152 e. The lowest BCUT2D eigenvalue weighted by Crippen LogP contribution is -2.31. The van der Waals surface area contributed by atoms with Crippen LogP contribution in [0.4, 0.5) is 0 Å². The van der Waals surface area contributed by atoms with E-state index in [-0.39, 0.29) is 0 Å². The highest BCUT2D eigenvalue weighted by atomic mass is 28.3. The second-order valence-corrected chi connectivity index (χ2v) is 11.5. The molecule has 0 aliphatic heterocycles. The van der Waals surface area contributed by atoms with E-state index in [1.807, 2.05) is 0 Å². The molecule has 19 heavy (non-hydrogen) atoms. The van der Waals surface area contributed by atoms with Crippen molar-refractivity contribution in [3.05, 3.63) is 35.5 Å². The number of hydrogen-bond acceptors (Lipinski definition) is 1. The summed E-state index contributed by atoms with van der Waals surface area (Å²) in [7, 11) is 2.92. The topological polar surface area (TPSA) is 8.17 Å². The minimum atomic E-state index is -1.36. The van der Waals surface area contributed by atoms with Gasteiger partial charge in [-0.05, 0) is 43.8 Å². The molecule has 1 aromatic carbocycles. The van der Waals surface area contributed by atoms with Gasteiger partial charge in [0.05, 0.1) is 0 Å². The summed E-state index contributed by atoms with van der Waals surface area (Å²) in [6, 6.07) is 6.97. The molecule has 0 bridgehead atoms. The predicted octanol–water partition coefficient (Wildman–Crippen LogP) is 3.95. The van der Waals surface area contributed by atoms with Crippen molar-refractivity contribution in [3.8, 4) is 0 Å². The van der Waals surface area contributed by atoms with Gasteiger partial charge in [-0.15, -0.1) is 0 Å². The van der Waals surface area contributed by atoms with E-state index < -0.39 is 8.24 Å². The molecule has 0 unspecified atom stereocenters. The molecule has 0 fully saturated rings. The molecule has 0 aliphatic carbocycles. The van der Waals surface area contributed by atoms with Gasteiger partial charge in [0, 0.05) is 23.6 Å². The Hall–Kier alpha value is -1.06. The van der Waals surface area contributed by atoms with Gasteiger partial charge in [-0.2, -0.15) is 0 Å². The first-order valence-electron chi connectivity index (χ1n) is 7.11. The first-order valence-corrected chi connectivity index (χ1v) is 10.6. The monoisotopic (exact) mass is 274 g/mol. The largest absolute Gasteiger partial charge is 0.374 e. The maximum absolute atomic E-state index is 2.54. The molecule has 0 aliphatic rings. The van der Waals surface area contributed by atoms with Crippen LogP contribution in [0.1, 0.15) is 18.1 Å². The normalized spacial score (nSPS) is 12.6. The average molecular weight is 274 g/mol. The zero-order valence-electron chi connectivity index (χ0n) is 13.1. The minimum absolute atomic E-state index is 1.02. The maximum Gasteiger partial charge on any atom is 0.152 e. The van der Waals surface area contributed by atoms with Gasteiger partial charge in [-0.25, -0.2) is 0 Å². The molecule has 0 radical (unpaired) electrons. The molecule has 0 saturated heterocycles. The maximum atomic E-state index is 2.54. The third-order valence-corrected chi connectivity index (χ3v) is 5.38. The van der Waals surface area contributed by atoms with E-state index in [1.165, 1.54) is 22.0 Å². The van der Waals surface area contributed by atoms with Crippen LogP contribution >= 0.6 is 0 Å². The van der Waals surface area contributed by atoms with Crippen LogP contribution in [0.3, 0.4) is 0 Å². The van der Waals surface area contributed by atoms with E-state index in [0.717, 1.165) is 13.0 Å². The van der Waals surface area contributed by atoms with Crippen LogP contribution in [0.25, 0.3) is 10.9 Å². The molecule has 0 amide bonds. The molecule has 1 aromatic heterocycles. The van der Waals surface area contributed by atoms with Crippen LogP contribution in [0.15, 0.2) is 24.4 Å². The molecular weight excluding hydrogens is 248 g/mol. The van der Waals surface area contributed by atoms with Crippen molar-refractivity contribution in [3.63, 3.8) is 0 Å². The van der Waals surface area contributed by atoms with E-state index in [0.29, 0.717) is 0 Å². The van der Waals surface area contributed by atoms with Crippen molar-refractivity contribution < 1.29 is 0 Å². The molecule has 104 valence electrons. The van der Waals surface area contributed by atoms with Crippen molar-refractivity contribution in [2.45, 2.75) is 39.5 Å². The highest BCUT2D eigenvalue weighted by Crippen LogP contribution is 2.27. The second-order valence-electron chi connectivity index (χ2n) is 6.64. The zero-order valence-corrected chi connectivity index (χ0v) is 14.1. The van der Waals surface area contributed by atoms with Crippen LogP contribution in [0.2, 0.25) is 19.6 Å². The predicted molar refractivity (Wildman–Crippen MR) is 87.5 cm³/mol. The third-order valence-electron chi connectivity index (χ3n) is 3.57. The number of benzene rings is 1. The molecule has 0 N–H and O–H groups in total. The molecule has 2 aromatic rings. The Kier molecular flexibility index (Phi) is 3.88. The standard InChI is InChI=1S/C16H26N2Si/c1-7-13-8-9-16-15(10-13)14(11-17(2)3)12-18(16)19(4,5)6/h8-10,12H,7,11H2,1-6H3. The molecule has 2 nitrogen and oxygen atoms in total. The number of hydrogen-bond donors (Lipinski definition) is 0. The van der Waals surface area contributed by atoms with Crippen molar-refractivity contribution in [2.24, 2.45) is 0 Å². The number of rotatable bonds is 4. The Labute approximate surface area is 118 Å². The summed E-state index contributed by atoms with van der Waals surface area (Å²) in [5, 5.41) is 1.44. The highest BCUT2D eigenvalue weighted by Gasteiger charge is 2.20. The summed E-state index contributed by atoms with van der Waals surface area (Å²) in [5.41, 5.74) is 4.30. The fraction of sp³-hybridized carbons (Fsp3) is 0.500. The fourth-order valence-electron chi connectivity index (χ4n) is 2.59. The van der Waals surface area contributed by atoms with Crippen molar-refractivity contribution in [1.29, 1.82) is 0 Å². The SMILES string of the molecule is CCc1ccc2c(c1)c(CN(C)C)cn2[Si](C)(C)C. The quantitative estimate of drug-likeness (QED) is 0.767. The van der Waals surface area contributed by atoms with Gasteiger partial charge < -0.3 is 9.13 Å². The molecule has 0 atom stereocenters. The summed E-state index contributed by atoms with van der Waals surface area (Å²) in [4.78, 5) is 2.25. The minimum Gasteiger partial charge on any atom is -0.374 e. The third kappa shape index (κ3) is 2.93. The highest BCUT2D eigenvalue weighted by molar-refractivity contribution is 6.75. The first kappa shape index (κ1) is 14.3. The summed E-state index contributed by atoms with van der Waals surface area (Å²) >= 11 is 0. The van der Waals surface area contributed by atoms with Gasteiger partial charge in [0.25, 0.3) is 0 Å². The number of fused-ring (bicyclic) bond motifs is 1. The van der Waals surface area contributed by atoms with Crippen molar-refractivity contribution in [2.75, 3.05) is 14.1 Å². The van der Waals surface area contributed by atoms with Crippen LogP contribution in [-0.4, -0.2) is 31.5 Å². The van der Waals surface area contributed by atoms with Crippen LogP contribution in [0, 0.1) is 0 Å². The lowest BCUT2D eigenvalue weighted by molar-refractivity contribution is 0.404. The Balaban J connectivity index is 2.66. The van der Waals surface area contributed by atoms with Crippen molar-refractivity contribution in [1.82, 2.24) is 9.13 Å². The van der Waals surface area contributed by atoms with Crippen LogP contribution in [0.5, 0.6) is 0 Å². The Morgan fingerprint density at radius 1 is 1.16 bits per heavy atom. The van der Waals surface area contributed by atoms with E-state index in [9.17, 15) is 0 Å². The van der Waals surface area contributed by atoms with E-state index in [1.54, 1.807) is 0 Å². The lowest BCUT2D eigenvalue weighted by Gasteiger charge is -2.20. The van der Waals surface area contributed by atoms with Gasteiger partial charge in [-0.3, -0.25) is 0 Å². The Morgan fingerprint density at radius 3 is 2.37 bits per heavy atom. The number of nitrogens with zero attached hydrogens (tertiary/aromatic N) is 2. The summed E-state index contributed by atoms with van der Waals surface area (Å²) in [6.45, 7) is 10.4. The first-order chi connectivity index (χ1) is 8.82. The van der Waals surface area contributed by atoms with E-state index >= 15 is 0 Å². The molecule has 1 heterocycles. The molecule has 2 rings (SSSR count). The zero-order chi connectivity index (χ0) is 14.2. The van der Waals surface area contributed by atoms with Gasteiger partial charge >= 0.3 is 0 Å². The van der Waals surface area contributed by atoms with Gasteiger partial charge in [-0.1, -0.05) is 32.6 Å². The van der Waals surface area contributed by atoms with Crippen molar-refractivity contribution >= 4 is 19.1 Å². The van der Waals surface area contributed by atoms with E-state index in [4.69, 9.17) is 0 Å². The Bertz CT molecular complexity index is 576. The summed E-state index contributed by atoms with van der Waals surface area (Å²) in [6.07, 6.45) is 3.49. The van der Waals surface area contributed by atoms with Gasteiger partial charge in [0.15, 0.2) is 8.24 Å². The van der Waals surface area contributed by atoms with Gasteiger partial charge in [0.2, 0.25) is 0 Å². The fourth-order valence-corrected chi connectivity index (χ4v) is 4.05. The summed E-state index contributed by atoms with van der Waals surface area (Å²) < 4.78 is 2.54. The number of aromatic nitrogens is 1. The lowest BCUT2D eigenvalue weighted by atomic mass is 10.1. The second kappa shape index (κ2) is 5.14. The average Bonchev–Trinajstić information content (AvgIpc) is 2.66. The van der Waals surface area contributed by atoms with E-state index in [2.05, 4.69) is 74.2 Å². The van der Waals surface area contributed by atoms with Gasteiger partial charge in [0.1, 0.15) is 0 Å². The van der Waals surface area contributed by atoms with Crippen LogP contribution in [-0.2, 0) is 13.0 Å². The molecular formula is C16H26N2Si. The van der Waals surface area contributed by atoms with Crippen LogP contribution < -0.4 is 0 Å². The molecule has 3 heteroatoms. The Morgan fingerprint density at radius 2 is 1.84 bits per heavy atom. The number of aryl methyl sites for hydroxylation is 1. The molecule has 0 saturated carbocycles.